The minimum absolute atomic E-state index is 0.0285. The molecule has 2 aromatic rings. The van der Waals surface area contributed by atoms with E-state index in [1.54, 1.807) is 48.2 Å². The molecule has 2 fully saturated rings. The van der Waals surface area contributed by atoms with Crippen LogP contribution in [0.15, 0.2) is 40.2 Å². The summed E-state index contributed by atoms with van der Waals surface area (Å²) in [4.78, 5) is 186. The summed E-state index contributed by atoms with van der Waals surface area (Å²) in [6, 6.07) is 1.36. The van der Waals surface area contributed by atoms with Gasteiger partial charge in [-0.2, -0.15) is 0 Å². The fourth-order valence-electron chi connectivity index (χ4n) is 11.2. The Balaban J connectivity index is 1.87. The molecule has 0 saturated carbocycles. The molecule has 1 aromatic heterocycles. The Hall–Kier alpha value is -6.67. The minimum atomic E-state index is -1.69. The quantitative estimate of drug-likeness (QED) is 0.200. The Morgan fingerprint density at radius 2 is 1.20 bits per heavy atom. The molecule has 24 nitrogen and oxygen atoms in total. The Kier molecular flexibility index (Phi) is 30.7. The number of nitrogens with one attached hydrogen (secondary N) is 4. The number of amides is 12. The van der Waals surface area contributed by atoms with Crippen molar-refractivity contribution in [1.82, 2.24) is 60.5 Å². The van der Waals surface area contributed by atoms with E-state index in [9.17, 15) is 52.7 Å². The number of likely N-dealkylation sites (N-methyl/N-ethyl adjacent to an activating group) is 7. The molecule has 0 unspecified atom stereocenters. The van der Waals surface area contributed by atoms with Crippen molar-refractivity contribution in [1.29, 1.82) is 0 Å². The number of piperidine rings is 1. The molecule has 4 N–H and O–H groups in total. The summed E-state index contributed by atoms with van der Waals surface area (Å²) >= 11 is 11.0. The van der Waals surface area contributed by atoms with Crippen molar-refractivity contribution in [3.05, 3.63) is 55.6 Å². The third kappa shape index (κ3) is 22.5. The molecule has 2 saturated heterocycles. The first-order chi connectivity index (χ1) is 43.5. The van der Waals surface area contributed by atoms with Gasteiger partial charge in [0.2, 0.25) is 70.9 Å². The zero-order valence-corrected chi connectivity index (χ0v) is 60.6. The van der Waals surface area contributed by atoms with Crippen LogP contribution in [-0.4, -0.2) is 240 Å². The van der Waals surface area contributed by atoms with Crippen LogP contribution >= 0.6 is 38.9 Å². The Morgan fingerprint density at radius 3 is 1.77 bits per heavy atom. The van der Waals surface area contributed by atoms with Gasteiger partial charge >= 0.3 is 0 Å². The molecule has 93 heavy (non-hydrogen) atoms. The lowest BCUT2D eigenvalue weighted by molar-refractivity contribution is -0.152. The average molecular weight is 1400 g/mol. The summed E-state index contributed by atoms with van der Waals surface area (Å²) in [6.45, 7) is 15.0. The number of hydrogen-bond donors (Lipinski definition) is 4. The van der Waals surface area contributed by atoms with Gasteiger partial charge in [-0.3, -0.25) is 57.5 Å². The van der Waals surface area contributed by atoms with Gasteiger partial charge in [0, 0.05) is 85.2 Å². The SMILES string of the molecule is CCCC[C@@H]1NC(=O)[C@H](Cc2ccc(Br)s2)NC(=O)CN(C)C(=O)[C@H](Cc2ccc(Cl)cc2)N(C)C(=O)CN(C)C(=O)CN(C)C(=O)[C@H]([C@@H](C)CC)NC(=O)[C@H](CC(C)C)N(C)C(=O)C[C@@H](C(=O)N2CCCCC2)N(C)C(=O)[C@H](CC(C)C)NC(=O)C(C)(C)N(C)C1=O. The van der Waals surface area contributed by atoms with Crippen LogP contribution in [0, 0.1) is 17.8 Å². The molecule has 4 rings (SSSR count). The maximum absolute atomic E-state index is 15.1. The molecule has 1 aromatic carbocycles. The Bertz CT molecular complexity index is 2960. The second kappa shape index (κ2) is 36.3. The summed E-state index contributed by atoms with van der Waals surface area (Å²) in [7, 11) is 9.77. The topological polar surface area (TPSA) is 279 Å². The predicted molar refractivity (Wildman–Crippen MR) is 361 cm³/mol. The lowest BCUT2D eigenvalue weighted by atomic mass is 9.95. The van der Waals surface area contributed by atoms with E-state index in [-0.39, 0.29) is 43.9 Å². The van der Waals surface area contributed by atoms with E-state index in [1.165, 1.54) is 94.1 Å². The average Bonchev–Trinajstić information content (AvgIpc) is 1.25. The summed E-state index contributed by atoms with van der Waals surface area (Å²) in [6.07, 6.45) is 3.49. The van der Waals surface area contributed by atoms with E-state index in [4.69, 9.17) is 11.6 Å². The van der Waals surface area contributed by atoms with Crippen molar-refractivity contribution in [3.63, 3.8) is 0 Å². The molecular formula is C66H102BrClN12O12S. The van der Waals surface area contributed by atoms with Crippen LogP contribution in [0.25, 0.3) is 0 Å². The number of hydrogen-bond acceptors (Lipinski definition) is 13. The molecule has 8 atom stereocenters. The van der Waals surface area contributed by atoms with Gasteiger partial charge in [0.15, 0.2) is 0 Å². The fourth-order valence-corrected chi connectivity index (χ4v) is 12.8. The lowest BCUT2D eigenvalue weighted by Gasteiger charge is -2.39. The van der Waals surface area contributed by atoms with Crippen LogP contribution in [0.4, 0.5) is 0 Å². The van der Waals surface area contributed by atoms with Gasteiger partial charge in [-0.05, 0) is 116 Å². The fraction of sp³-hybridized carbons (Fsp3) is 0.667. The highest BCUT2D eigenvalue weighted by Gasteiger charge is 2.44. The maximum atomic E-state index is 15.1. The Morgan fingerprint density at radius 1 is 0.613 bits per heavy atom. The monoisotopic (exact) mass is 1400 g/mol. The molecule has 518 valence electrons. The second-order valence-corrected chi connectivity index (χ2v) is 29.4. The molecular weight excluding hydrogens is 1300 g/mol. The standard InChI is InChI=1S/C66H102BrClN12O12S/c1-17-19-23-46-61(88)79(16)66(8,9)65(92)71-48(32-40(3)4)60(87)78(15)51(63(90)80-30-21-20-22-31-80)36-54(82)76(13)49(33-41(5)6)59(86)72-57(42(7)18-2)64(91)75(12)38-55(83)73(10)39-56(84)77(14)50(34-43-24-26-44(68)27-25-43)62(89)74(11)37-53(81)69-47(58(85)70-46)35-45-28-29-52(67)93-45/h24-29,40-42,46-51,57H,17-23,30-39H2,1-16H3,(H,69,81)(H,70,85)(H,71,92)(H,72,86)/t42-,46-,47-,48-,49-,50-,51-,57-/m0/s1. The number of carbonyl (C=O) groups is 12. The number of halogens is 2. The highest BCUT2D eigenvalue weighted by molar-refractivity contribution is 9.11. The highest BCUT2D eigenvalue weighted by Crippen LogP contribution is 2.26. The number of benzene rings is 1. The molecule has 0 spiro atoms. The van der Waals surface area contributed by atoms with Gasteiger partial charge < -0.3 is 60.5 Å². The molecule has 12 amide bonds. The van der Waals surface area contributed by atoms with E-state index in [1.807, 2.05) is 41.5 Å². The molecule has 0 radical (unpaired) electrons. The number of nitrogens with zero attached hydrogens (tertiary/aromatic N) is 8. The third-order valence-corrected chi connectivity index (χ3v) is 19.6. The van der Waals surface area contributed by atoms with Crippen molar-refractivity contribution in [2.45, 2.75) is 187 Å². The van der Waals surface area contributed by atoms with Crippen LogP contribution in [0.2, 0.25) is 5.02 Å². The molecule has 3 heterocycles. The summed E-state index contributed by atoms with van der Waals surface area (Å²) in [5.74, 6) is -8.85. The molecule has 0 aliphatic carbocycles. The van der Waals surface area contributed by atoms with Crippen molar-refractivity contribution in [3.8, 4) is 0 Å². The lowest BCUT2D eigenvalue weighted by Crippen LogP contribution is -2.63. The summed E-state index contributed by atoms with van der Waals surface area (Å²) < 4.78 is 0.750. The first-order valence-electron chi connectivity index (χ1n) is 32.3. The van der Waals surface area contributed by atoms with E-state index >= 15 is 4.79 Å². The largest absolute Gasteiger partial charge is 0.343 e. The van der Waals surface area contributed by atoms with Crippen LogP contribution in [0.5, 0.6) is 0 Å². The Labute approximate surface area is 567 Å². The first kappa shape index (κ1) is 78.8. The molecule has 27 heteroatoms. The number of likely N-dealkylation sites (tertiary alicyclic amines) is 1. The smallest absolute Gasteiger partial charge is 0.246 e. The number of carbonyl (C=O) groups excluding carboxylic acids is 12. The molecule has 2 aliphatic heterocycles. The number of rotatable bonds is 14. The van der Waals surface area contributed by atoms with Gasteiger partial charge in [0.25, 0.3) is 0 Å². The van der Waals surface area contributed by atoms with Crippen LogP contribution in [0.3, 0.4) is 0 Å². The number of thiophene rings is 1. The van der Waals surface area contributed by atoms with Gasteiger partial charge in [-0.25, -0.2) is 0 Å². The van der Waals surface area contributed by atoms with Crippen molar-refractivity contribution < 1.29 is 57.5 Å². The van der Waals surface area contributed by atoms with E-state index in [0.717, 1.165) is 24.9 Å². The zero-order chi connectivity index (χ0) is 69.9. The molecule has 2 aliphatic rings. The van der Waals surface area contributed by atoms with E-state index in [2.05, 4.69) is 37.2 Å². The minimum Gasteiger partial charge on any atom is -0.343 e. The van der Waals surface area contributed by atoms with Crippen LogP contribution in [-0.2, 0) is 70.4 Å². The van der Waals surface area contributed by atoms with Gasteiger partial charge in [-0.15, -0.1) is 11.3 Å². The van der Waals surface area contributed by atoms with Crippen LogP contribution < -0.4 is 21.3 Å². The van der Waals surface area contributed by atoms with Gasteiger partial charge in [0.1, 0.15) is 47.8 Å². The number of unbranched alkanes of at least 4 members (excludes halogenated alkanes) is 1. The first-order valence-corrected chi connectivity index (χ1v) is 34.3. The third-order valence-electron chi connectivity index (χ3n) is 17.7. The van der Waals surface area contributed by atoms with E-state index < -0.39 is 151 Å². The normalized spacial score (nSPS) is 24.1. The van der Waals surface area contributed by atoms with Crippen LogP contribution in [0.1, 0.15) is 137 Å². The summed E-state index contributed by atoms with van der Waals surface area (Å²) in [5, 5.41) is 11.8. The van der Waals surface area contributed by atoms with Crippen molar-refractivity contribution in [2.75, 3.05) is 82.1 Å². The maximum Gasteiger partial charge on any atom is 0.246 e. The van der Waals surface area contributed by atoms with Gasteiger partial charge in [0.05, 0.1) is 29.8 Å². The molecule has 0 bridgehead atoms. The second-order valence-electron chi connectivity index (χ2n) is 26.4. The highest BCUT2D eigenvalue weighted by atomic mass is 79.9. The van der Waals surface area contributed by atoms with Crippen molar-refractivity contribution in [2.24, 2.45) is 17.8 Å². The zero-order valence-electron chi connectivity index (χ0n) is 57.4. The summed E-state index contributed by atoms with van der Waals surface area (Å²) in [5.41, 5.74) is -1.08. The predicted octanol–water partition coefficient (Wildman–Crippen LogP) is 4.73. The van der Waals surface area contributed by atoms with Gasteiger partial charge in [-0.1, -0.05) is 91.5 Å². The van der Waals surface area contributed by atoms with E-state index in [0.29, 0.717) is 60.7 Å². The van der Waals surface area contributed by atoms with Crippen molar-refractivity contribution >= 4 is 110 Å².